The standard InChI is InChI=1S/C26H29N7OS/c1-16(34)11-18-7-9-22(10-8-18)29-25-23(26-32-31-17(2)35-26)14-27-24(30-25)20-6-4-5-19(12-20)21-13-28-33(3)15-21/h4-6,12-15,18,22H,7-11H2,1-3H3,(H,27,29,30). The lowest BCUT2D eigenvalue weighted by atomic mass is 9.83. The van der Waals surface area contributed by atoms with Crippen molar-refractivity contribution in [1.29, 1.82) is 0 Å². The smallest absolute Gasteiger partial charge is 0.161 e. The largest absolute Gasteiger partial charge is 0.367 e. The Kier molecular flexibility index (Phi) is 6.68. The quantitative estimate of drug-likeness (QED) is 0.377. The molecule has 3 heterocycles. The molecule has 1 aliphatic carbocycles. The minimum atomic E-state index is 0.282. The number of ketones is 1. The molecular weight excluding hydrogens is 458 g/mol. The minimum absolute atomic E-state index is 0.282. The van der Waals surface area contributed by atoms with Crippen LogP contribution < -0.4 is 5.32 Å². The van der Waals surface area contributed by atoms with Crippen LogP contribution in [0.15, 0.2) is 42.9 Å². The van der Waals surface area contributed by atoms with Gasteiger partial charge in [0.25, 0.3) is 0 Å². The highest BCUT2D eigenvalue weighted by atomic mass is 32.1. The number of nitrogens with zero attached hydrogens (tertiary/aromatic N) is 6. The third kappa shape index (κ3) is 5.45. The molecule has 0 aliphatic heterocycles. The maximum absolute atomic E-state index is 11.5. The Morgan fingerprint density at radius 2 is 1.91 bits per heavy atom. The summed E-state index contributed by atoms with van der Waals surface area (Å²) in [6.45, 7) is 3.64. The number of aromatic nitrogens is 6. The summed E-state index contributed by atoms with van der Waals surface area (Å²) in [4.78, 5) is 21.2. The number of hydrogen-bond donors (Lipinski definition) is 1. The molecule has 1 saturated carbocycles. The minimum Gasteiger partial charge on any atom is -0.367 e. The van der Waals surface area contributed by atoms with Crippen molar-refractivity contribution in [3.05, 3.63) is 47.9 Å². The Hall–Kier alpha value is -3.46. The van der Waals surface area contributed by atoms with E-state index in [4.69, 9.17) is 9.97 Å². The Morgan fingerprint density at radius 1 is 1.11 bits per heavy atom. The van der Waals surface area contributed by atoms with Crippen LogP contribution in [-0.2, 0) is 11.8 Å². The maximum Gasteiger partial charge on any atom is 0.161 e. The number of aryl methyl sites for hydroxylation is 2. The lowest BCUT2D eigenvalue weighted by molar-refractivity contribution is -0.118. The van der Waals surface area contributed by atoms with Gasteiger partial charge < -0.3 is 10.1 Å². The molecule has 5 rings (SSSR count). The van der Waals surface area contributed by atoms with Crippen molar-refractivity contribution in [2.24, 2.45) is 13.0 Å². The van der Waals surface area contributed by atoms with Gasteiger partial charge in [-0.3, -0.25) is 4.68 Å². The average molecular weight is 488 g/mol. The number of carbonyl (C=O) groups excluding carboxylic acids is 1. The van der Waals surface area contributed by atoms with E-state index in [9.17, 15) is 4.79 Å². The lowest BCUT2D eigenvalue weighted by Gasteiger charge is -2.29. The summed E-state index contributed by atoms with van der Waals surface area (Å²) in [5, 5.41) is 18.2. The average Bonchev–Trinajstić information content (AvgIpc) is 3.48. The molecule has 4 aromatic rings. The first-order valence-corrected chi connectivity index (χ1v) is 12.8. The van der Waals surface area contributed by atoms with Crippen molar-refractivity contribution in [2.75, 3.05) is 5.32 Å². The molecule has 0 bridgehead atoms. The summed E-state index contributed by atoms with van der Waals surface area (Å²) in [6, 6.07) is 8.51. The number of benzene rings is 1. The molecule has 35 heavy (non-hydrogen) atoms. The van der Waals surface area contributed by atoms with Gasteiger partial charge in [-0.05, 0) is 57.1 Å². The Bertz CT molecular complexity index is 1340. The van der Waals surface area contributed by atoms with E-state index in [0.29, 0.717) is 24.2 Å². The van der Waals surface area contributed by atoms with Crippen LogP contribution in [-0.4, -0.2) is 41.8 Å². The summed E-state index contributed by atoms with van der Waals surface area (Å²) in [6.07, 6.45) is 10.5. The molecule has 1 aliphatic rings. The zero-order valence-electron chi connectivity index (χ0n) is 20.2. The summed E-state index contributed by atoms with van der Waals surface area (Å²) in [5.41, 5.74) is 3.94. The van der Waals surface area contributed by atoms with Gasteiger partial charge in [-0.2, -0.15) is 5.10 Å². The molecule has 0 saturated heterocycles. The first-order chi connectivity index (χ1) is 16.9. The Balaban J connectivity index is 1.44. The van der Waals surface area contributed by atoms with E-state index in [2.05, 4.69) is 32.7 Å². The van der Waals surface area contributed by atoms with Gasteiger partial charge in [-0.15, -0.1) is 10.2 Å². The molecule has 0 unspecified atom stereocenters. The summed E-state index contributed by atoms with van der Waals surface area (Å²) >= 11 is 1.54. The molecule has 1 aromatic carbocycles. The van der Waals surface area contributed by atoms with Crippen molar-refractivity contribution in [2.45, 2.75) is 52.0 Å². The van der Waals surface area contributed by atoms with E-state index in [1.165, 1.54) is 11.3 Å². The molecule has 1 N–H and O–H groups in total. The van der Waals surface area contributed by atoms with Gasteiger partial charge in [0, 0.05) is 43.0 Å². The first-order valence-electron chi connectivity index (χ1n) is 12.0. The van der Waals surface area contributed by atoms with Crippen molar-refractivity contribution in [3.8, 4) is 33.1 Å². The highest BCUT2D eigenvalue weighted by Crippen LogP contribution is 2.34. The second-order valence-corrected chi connectivity index (χ2v) is 10.5. The second-order valence-electron chi connectivity index (χ2n) is 9.33. The van der Waals surface area contributed by atoms with Crippen molar-refractivity contribution in [3.63, 3.8) is 0 Å². The van der Waals surface area contributed by atoms with Crippen LogP contribution >= 0.6 is 11.3 Å². The summed E-state index contributed by atoms with van der Waals surface area (Å²) < 4.78 is 1.80. The predicted molar refractivity (Wildman–Crippen MR) is 138 cm³/mol. The van der Waals surface area contributed by atoms with Crippen LogP contribution in [0.25, 0.3) is 33.1 Å². The molecule has 0 atom stereocenters. The molecule has 9 heteroatoms. The number of nitrogens with one attached hydrogen (secondary N) is 1. The Labute approximate surface area is 208 Å². The zero-order valence-corrected chi connectivity index (χ0v) is 21.0. The molecule has 8 nitrogen and oxygen atoms in total. The number of anilines is 1. The SMILES string of the molecule is CC(=O)CC1CCC(Nc2nc(-c3cccc(-c4cnn(C)c4)c3)ncc2-c2nnc(C)s2)CC1. The fraction of sp³-hybridized carbons (Fsp3) is 0.385. The van der Waals surface area contributed by atoms with E-state index in [0.717, 1.165) is 63.8 Å². The van der Waals surface area contributed by atoms with Crippen LogP contribution in [0.4, 0.5) is 5.82 Å². The number of Topliss-reactive ketones (excluding diaryl/α,β-unsaturated/α-hetero) is 1. The molecule has 0 radical (unpaired) electrons. The van der Waals surface area contributed by atoms with E-state index in [1.54, 1.807) is 11.6 Å². The van der Waals surface area contributed by atoms with Crippen LogP contribution in [0.3, 0.4) is 0 Å². The van der Waals surface area contributed by atoms with E-state index in [1.807, 2.05) is 44.7 Å². The molecule has 3 aromatic heterocycles. The van der Waals surface area contributed by atoms with Gasteiger partial charge in [-0.1, -0.05) is 29.5 Å². The molecule has 1 fully saturated rings. The normalized spacial score (nSPS) is 17.9. The highest BCUT2D eigenvalue weighted by Gasteiger charge is 2.24. The van der Waals surface area contributed by atoms with Crippen LogP contribution in [0.1, 0.15) is 44.0 Å². The van der Waals surface area contributed by atoms with Crippen LogP contribution in [0.5, 0.6) is 0 Å². The summed E-state index contributed by atoms with van der Waals surface area (Å²) in [5.74, 6) is 2.22. The molecule has 0 amide bonds. The number of rotatable bonds is 7. The molecule has 0 spiro atoms. The summed E-state index contributed by atoms with van der Waals surface area (Å²) in [7, 11) is 1.91. The maximum atomic E-state index is 11.5. The van der Waals surface area contributed by atoms with Crippen molar-refractivity contribution < 1.29 is 4.79 Å². The first kappa shape index (κ1) is 23.3. The van der Waals surface area contributed by atoms with Crippen molar-refractivity contribution in [1.82, 2.24) is 29.9 Å². The van der Waals surface area contributed by atoms with Gasteiger partial charge in [0.15, 0.2) is 10.8 Å². The van der Waals surface area contributed by atoms with Crippen LogP contribution in [0.2, 0.25) is 0 Å². The van der Waals surface area contributed by atoms with E-state index in [-0.39, 0.29) is 5.78 Å². The topological polar surface area (TPSA) is 98.5 Å². The third-order valence-corrected chi connectivity index (χ3v) is 7.34. The fourth-order valence-corrected chi connectivity index (χ4v) is 5.41. The van der Waals surface area contributed by atoms with E-state index >= 15 is 0 Å². The zero-order chi connectivity index (χ0) is 24.4. The van der Waals surface area contributed by atoms with Gasteiger partial charge in [0.2, 0.25) is 0 Å². The highest BCUT2D eigenvalue weighted by molar-refractivity contribution is 7.14. The van der Waals surface area contributed by atoms with Gasteiger partial charge in [0.05, 0.1) is 11.8 Å². The fourth-order valence-electron chi connectivity index (χ4n) is 4.71. The number of carbonyl (C=O) groups is 1. The monoisotopic (exact) mass is 487 g/mol. The van der Waals surface area contributed by atoms with E-state index < -0.39 is 0 Å². The van der Waals surface area contributed by atoms with Crippen molar-refractivity contribution >= 4 is 22.9 Å². The number of hydrogen-bond acceptors (Lipinski definition) is 8. The second kappa shape index (κ2) is 10.0. The van der Waals surface area contributed by atoms with Gasteiger partial charge in [-0.25, -0.2) is 9.97 Å². The van der Waals surface area contributed by atoms with Gasteiger partial charge >= 0.3 is 0 Å². The predicted octanol–water partition coefficient (Wildman–Crippen LogP) is 5.32. The Morgan fingerprint density at radius 3 is 2.60 bits per heavy atom. The lowest BCUT2D eigenvalue weighted by Crippen LogP contribution is -2.27. The van der Waals surface area contributed by atoms with Gasteiger partial charge in [0.1, 0.15) is 16.6 Å². The molecular formula is C26H29N7OS. The third-order valence-electron chi connectivity index (χ3n) is 6.47. The van der Waals surface area contributed by atoms with Crippen LogP contribution in [0, 0.1) is 12.8 Å². The molecule has 180 valence electrons.